The minimum atomic E-state index is 0.739. The van der Waals surface area contributed by atoms with Crippen molar-refractivity contribution in [1.82, 2.24) is 9.38 Å². The van der Waals surface area contributed by atoms with E-state index in [-0.39, 0.29) is 0 Å². The number of pyridine rings is 1. The lowest BCUT2D eigenvalue weighted by Crippen LogP contribution is -1.98. The molecule has 2 aromatic heterocycles. The fourth-order valence-corrected chi connectivity index (χ4v) is 2.25. The molecule has 0 saturated carbocycles. The largest absolute Gasteiger partial charge is 0.395 e. The molecule has 3 heteroatoms. The highest BCUT2D eigenvalue weighted by atomic mass is 15.0. The van der Waals surface area contributed by atoms with Crippen molar-refractivity contribution in [1.29, 1.82) is 0 Å². The molecule has 0 aliphatic heterocycles. The zero-order valence-corrected chi connectivity index (χ0v) is 10.3. The fourth-order valence-electron chi connectivity index (χ4n) is 2.25. The molecule has 0 fully saturated rings. The summed E-state index contributed by atoms with van der Waals surface area (Å²) in [7, 11) is 0. The van der Waals surface area contributed by atoms with Crippen LogP contribution in [0.5, 0.6) is 0 Å². The minimum absolute atomic E-state index is 0.739. The summed E-state index contributed by atoms with van der Waals surface area (Å²) in [5.41, 5.74) is 11.2. The summed E-state index contributed by atoms with van der Waals surface area (Å²) in [4.78, 5) is 4.41. The molecule has 0 radical (unpaired) electrons. The van der Waals surface area contributed by atoms with Gasteiger partial charge < -0.3 is 10.1 Å². The Bertz CT molecular complexity index is 684. The highest BCUT2D eigenvalue weighted by molar-refractivity contribution is 5.85. The lowest BCUT2D eigenvalue weighted by Gasteiger charge is -2.08. The summed E-state index contributed by atoms with van der Waals surface area (Å²) in [6.07, 6.45) is 4.88. The Hall–Kier alpha value is -2.29. The molecule has 18 heavy (non-hydrogen) atoms. The van der Waals surface area contributed by atoms with Gasteiger partial charge in [-0.1, -0.05) is 37.3 Å². The maximum Gasteiger partial charge on any atom is 0.160 e. The van der Waals surface area contributed by atoms with Gasteiger partial charge in [-0.15, -0.1) is 0 Å². The van der Waals surface area contributed by atoms with E-state index in [1.165, 1.54) is 5.69 Å². The van der Waals surface area contributed by atoms with Crippen molar-refractivity contribution in [3.63, 3.8) is 0 Å². The maximum absolute atomic E-state index is 6.24. The number of nitrogens with zero attached hydrogens (tertiary/aromatic N) is 2. The van der Waals surface area contributed by atoms with E-state index in [9.17, 15) is 0 Å². The third-order valence-corrected chi connectivity index (χ3v) is 3.24. The Morgan fingerprint density at radius 2 is 1.94 bits per heavy atom. The fraction of sp³-hybridized carbons (Fsp3) is 0.133. The highest BCUT2D eigenvalue weighted by Crippen LogP contribution is 2.28. The molecule has 0 spiro atoms. The normalized spacial score (nSPS) is 10.9. The van der Waals surface area contributed by atoms with Gasteiger partial charge in [0.2, 0.25) is 0 Å². The second-order valence-corrected chi connectivity index (χ2v) is 4.31. The van der Waals surface area contributed by atoms with Crippen molar-refractivity contribution >= 4 is 11.3 Å². The first-order valence-electron chi connectivity index (χ1n) is 6.11. The topological polar surface area (TPSA) is 43.3 Å². The van der Waals surface area contributed by atoms with Gasteiger partial charge in [0, 0.05) is 23.7 Å². The summed E-state index contributed by atoms with van der Waals surface area (Å²) < 4.78 is 2.06. The van der Waals surface area contributed by atoms with Gasteiger partial charge in [0.25, 0.3) is 0 Å². The van der Waals surface area contributed by atoms with Gasteiger partial charge in [0.05, 0.1) is 5.69 Å². The molecule has 0 amide bonds. The average Bonchev–Trinajstić information content (AvgIpc) is 2.84. The number of anilines is 1. The minimum Gasteiger partial charge on any atom is -0.395 e. The van der Waals surface area contributed by atoms with Gasteiger partial charge in [0.1, 0.15) is 0 Å². The quantitative estimate of drug-likeness (QED) is 0.744. The first-order chi connectivity index (χ1) is 8.81. The van der Waals surface area contributed by atoms with Crippen LogP contribution < -0.4 is 5.73 Å². The molecule has 0 bridgehead atoms. The summed E-state index contributed by atoms with van der Waals surface area (Å²) in [6, 6.07) is 12.2. The Balaban J connectivity index is 2.24. The molecular formula is C15H15N3. The second-order valence-electron chi connectivity index (χ2n) is 4.31. The van der Waals surface area contributed by atoms with Gasteiger partial charge in [-0.25, -0.2) is 4.98 Å². The van der Waals surface area contributed by atoms with Crippen LogP contribution in [-0.4, -0.2) is 9.38 Å². The van der Waals surface area contributed by atoms with Gasteiger partial charge in [-0.2, -0.15) is 0 Å². The standard InChI is InChI=1S/C15H15N3/c1-2-12-10-17-15-14(16)13(8-9-18(12)15)11-6-4-3-5-7-11/h3-10H,2,16H2,1H3. The third-order valence-electron chi connectivity index (χ3n) is 3.24. The highest BCUT2D eigenvalue weighted by Gasteiger charge is 2.09. The summed E-state index contributed by atoms with van der Waals surface area (Å²) in [6.45, 7) is 2.12. The molecule has 0 aliphatic carbocycles. The predicted molar refractivity (Wildman–Crippen MR) is 74.4 cm³/mol. The van der Waals surface area contributed by atoms with E-state index in [0.29, 0.717) is 0 Å². The van der Waals surface area contributed by atoms with E-state index >= 15 is 0 Å². The van der Waals surface area contributed by atoms with Gasteiger partial charge in [-0.05, 0) is 18.1 Å². The van der Waals surface area contributed by atoms with E-state index < -0.39 is 0 Å². The van der Waals surface area contributed by atoms with Crippen LogP contribution >= 0.6 is 0 Å². The van der Waals surface area contributed by atoms with Crippen LogP contribution in [0.4, 0.5) is 5.69 Å². The number of hydrogen-bond donors (Lipinski definition) is 1. The molecule has 1 aromatic carbocycles. The Labute approximate surface area is 106 Å². The smallest absolute Gasteiger partial charge is 0.160 e. The van der Waals surface area contributed by atoms with E-state index in [4.69, 9.17) is 5.73 Å². The monoisotopic (exact) mass is 237 g/mol. The van der Waals surface area contributed by atoms with Crippen LogP contribution in [0.15, 0.2) is 48.8 Å². The van der Waals surface area contributed by atoms with Crippen molar-refractivity contribution in [3.8, 4) is 11.1 Å². The van der Waals surface area contributed by atoms with Crippen LogP contribution in [-0.2, 0) is 6.42 Å². The van der Waals surface area contributed by atoms with Crippen molar-refractivity contribution < 1.29 is 0 Å². The number of nitrogens with two attached hydrogens (primary N) is 1. The number of benzene rings is 1. The van der Waals surface area contributed by atoms with E-state index in [1.54, 1.807) is 0 Å². The second kappa shape index (κ2) is 4.18. The molecular weight excluding hydrogens is 222 g/mol. The maximum atomic E-state index is 6.24. The van der Waals surface area contributed by atoms with E-state index in [1.807, 2.05) is 30.6 Å². The molecule has 2 heterocycles. The Morgan fingerprint density at radius 3 is 2.67 bits per heavy atom. The van der Waals surface area contributed by atoms with Gasteiger partial charge in [0.15, 0.2) is 5.65 Å². The van der Waals surface area contributed by atoms with Crippen molar-refractivity contribution in [2.24, 2.45) is 0 Å². The molecule has 0 unspecified atom stereocenters. The zero-order chi connectivity index (χ0) is 12.5. The molecule has 2 N–H and O–H groups in total. The van der Waals surface area contributed by atoms with Crippen molar-refractivity contribution in [2.45, 2.75) is 13.3 Å². The van der Waals surface area contributed by atoms with Crippen LogP contribution in [0.25, 0.3) is 16.8 Å². The number of aromatic nitrogens is 2. The van der Waals surface area contributed by atoms with Crippen molar-refractivity contribution in [2.75, 3.05) is 5.73 Å². The average molecular weight is 237 g/mol. The Morgan fingerprint density at radius 1 is 1.17 bits per heavy atom. The lowest BCUT2D eigenvalue weighted by molar-refractivity contribution is 0.996. The SMILES string of the molecule is CCc1cnc2c(N)c(-c3ccccc3)ccn12. The number of nitrogen functional groups attached to an aromatic ring is 1. The van der Waals surface area contributed by atoms with E-state index in [0.717, 1.165) is 28.9 Å². The number of imidazole rings is 1. The van der Waals surface area contributed by atoms with Gasteiger partial charge in [-0.3, -0.25) is 0 Å². The number of rotatable bonds is 2. The first-order valence-corrected chi connectivity index (χ1v) is 6.11. The van der Waals surface area contributed by atoms with Crippen molar-refractivity contribution in [3.05, 3.63) is 54.5 Å². The molecule has 0 aliphatic rings. The zero-order valence-electron chi connectivity index (χ0n) is 10.3. The number of fused-ring (bicyclic) bond motifs is 1. The lowest BCUT2D eigenvalue weighted by atomic mass is 10.1. The van der Waals surface area contributed by atoms with Crippen LogP contribution in [0.3, 0.4) is 0 Å². The summed E-state index contributed by atoms with van der Waals surface area (Å²) in [5, 5.41) is 0. The number of aryl methyl sites for hydroxylation is 1. The van der Waals surface area contributed by atoms with Crippen LogP contribution in [0, 0.1) is 0 Å². The predicted octanol–water partition coefficient (Wildman–Crippen LogP) is 3.15. The molecule has 0 saturated heterocycles. The molecule has 90 valence electrons. The third kappa shape index (κ3) is 1.56. The molecule has 3 aromatic rings. The van der Waals surface area contributed by atoms with Crippen LogP contribution in [0.2, 0.25) is 0 Å². The van der Waals surface area contributed by atoms with E-state index in [2.05, 4.69) is 34.5 Å². The molecule has 3 rings (SSSR count). The molecule has 0 atom stereocenters. The first kappa shape index (κ1) is 10.8. The van der Waals surface area contributed by atoms with Gasteiger partial charge >= 0.3 is 0 Å². The summed E-state index contributed by atoms with van der Waals surface area (Å²) in [5.74, 6) is 0. The number of hydrogen-bond acceptors (Lipinski definition) is 2. The van der Waals surface area contributed by atoms with Crippen LogP contribution in [0.1, 0.15) is 12.6 Å². The molecule has 3 nitrogen and oxygen atoms in total. The summed E-state index contributed by atoms with van der Waals surface area (Å²) >= 11 is 0. The Kier molecular flexibility index (Phi) is 2.52.